The van der Waals surface area contributed by atoms with Crippen LogP contribution in [-0.2, 0) is 20.9 Å². The number of halogens is 1. The van der Waals surface area contributed by atoms with Crippen LogP contribution in [0, 0.1) is 5.92 Å². The maximum atomic E-state index is 12.4. The molecule has 2 aromatic rings. The minimum Gasteiger partial charge on any atom is -0.454 e. The lowest BCUT2D eigenvalue weighted by molar-refractivity contribution is -0.150. The summed E-state index contributed by atoms with van der Waals surface area (Å²) in [6, 6.07) is 14.9. The molecule has 0 aliphatic rings. The van der Waals surface area contributed by atoms with Gasteiger partial charge in [0.05, 0.1) is 0 Å². The van der Waals surface area contributed by atoms with Crippen LogP contribution in [0.15, 0.2) is 54.6 Å². The van der Waals surface area contributed by atoms with Gasteiger partial charge in [0, 0.05) is 17.1 Å². The Morgan fingerprint density at radius 1 is 1.00 bits per heavy atom. The first-order valence-corrected chi connectivity index (χ1v) is 9.76. The summed E-state index contributed by atoms with van der Waals surface area (Å²) in [7, 11) is 0. The molecule has 1 atom stereocenters. The summed E-state index contributed by atoms with van der Waals surface area (Å²) in [6.45, 7) is 3.81. The third kappa shape index (κ3) is 7.95. The highest BCUT2D eigenvalue weighted by Gasteiger charge is 2.24. The molecule has 7 heteroatoms. The van der Waals surface area contributed by atoms with Crippen molar-refractivity contribution in [2.75, 3.05) is 6.61 Å². The number of carbonyl (C=O) groups is 3. The van der Waals surface area contributed by atoms with Crippen molar-refractivity contribution in [2.24, 2.45) is 5.92 Å². The summed E-state index contributed by atoms with van der Waals surface area (Å²) in [4.78, 5) is 36.8. The Hall–Kier alpha value is -2.86. The number of carbonyl (C=O) groups excluding carboxylic acids is 3. The molecule has 0 saturated heterocycles. The van der Waals surface area contributed by atoms with E-state index in [2.05, 4.69) is 10.6 Å². The van der Waals surface area contributed by atoms with Gasteiger partial charge in [0.2, 0.25) is 0 Å². The molecule has 0 unspecified atom stereocenters. The zero-order valence-corrected chi connectivity index (χ0v) is 17.2. The Morgan fingerprint density at radius 2 is 1.66 bits per heavy atom. The third-order valence-corrected chi connectivity index (χ3v) is 4.33. The standard InChI is InChI=1S/C22H25ClN2O4/c1-15(2)12-19(25-21(27)17-8-10-18(23)11-9-17)22(28)29-14-20(26)24-13-16-6-4-3-5-7-16/h3-11,15,19H,12-14H2,1-2H3,(H,24,26)(H,25,27)/t19-/m0/s1. The normalized spacial score (nSPS) is 11.6. The zero-order valence-electron chi connectivity index (χ0n) is 16.5. The lowest BCUT2D eigenvalue weighted by Gasteiger charge is -2.19. The van der Waals surface area contributed by atoms with Gasteiger partial charge in [-0.3, -0.25) is 9.59 Å². The Balaban J connectivity index is 1.87. The average molecular weight is 417 g/mol. The fourth-order valence-corrected chi connectivity index (χ4v) is 2.74. The molecule has 2 amide bonds. The van der Waals surface area contributed by atoms with E-state index in [9.17, 15) is 14.4 Å². The molecule has 0 heterocycles. The molecule has 29 heavy (non-hydrogen) atoms. The second-order valence-corrected chi connectivity index (χ2v) is 7.47. The van der Waals surface area contributed by atoms with Crippen LogP contribution in [0.1, 0.15) is 36.2 Å². The number of amides is 2. The molecule has 0 bridgehead atoms. The molecule has 0 fully saturated rings. The molecule has 0 aliphatic carbocycles. The first-order chi connectivity index (χ1) is 13.8. The van der Waals surface area contributed by atoms with Crippen molar-refractivity contribution in [3.05, 3.63) is 70.7 Å². The van der Waals surface area contributed by atoms with Crippen molar-refractivity contribution < 1.29 is 19.1 Å². The van der Waals surface area contributed by atoms with Crippen LogP contribution in [0.3, 0.4) is 0 Å². The van der Waals surface area contributed by atoms with E-state index in [1.54, 1.807) is 24.3 Å². The van der Waals surface area contributed by atoms with E-state index in [-0.39, 0.29) is 5.92 Å². The fraction of sp³-hybridized carbons (Fsp3) is 0.318. The minimum absolute atomic E-state index is 0.143. The SMILES string of the molecule is CC(C)C[C@H](NC(=O)c1ccc(Cl)cc1)C(=O)OCC(=O)NCc1ccccc1. The van der Waals surface area contributed by atoms with E-state index in [1.165, 1.54) is 0 Å². The summed E-state index contributed by atoms with van der Waals surface area (Å²) in [6.07, 6.45) is 0.393. The van der Waals surface area contributed by atoms with Crippen LogP contribution >= 0.6 is 11.6 Å². The Kier molecular flexibility index (Phi) is 8.68. The van der Waals surface area contributed by atoms with E-state index in [4.69, 9.17) is 16.3 Å². The molecule has 2 aromatic carbocycles. The van der Waals surface area contributed by atoms with Crippen LogP contribution in [0.2, 0.25) is 5.02 Å². The average Bonchev–Trinajstić information content (AvgIpc) is 2.70. The largest absolute Gasteiger partial charge is 0.454 e. The fourth-order valence-electron chi connectivity index (χ4n) is 2.61. The molecule has 6 nitrogen and oxygen atoms in total. The second kappa shape index (κ2) is 11.2. The molecular weight excluding hydrogens is 392 g/mol. The van der Waals surface area contributed by atoms with Crippen molar-refractivity contribution in [3.8, 4) is 0 Å². The van der Waals surface area contributed by atoms with E-state index in [0.29, 0.717) is 23.6 Å². The van der Waals surface area contributed by atoms with Crippen LogP contribution in [0.4, 0.5) is 0 Å². The van der Waals surface area contributed by atoms with Gasteiger partial charge in [0.25, 0.3) is 11.8 Å². The number of benzene rings is 2. The molecule has 2 rings (SSSR count). The summed E-state index contributed by atoms with van der Waals surface area (Å²) in [5.41, 5.74) is 1.33. The van der Waals surface area contributed by atoms with Crippen molar-refractivity contribution in [3.63, 3.8) is 0 Å². The molecule has 154 valence electrons. The predicted octanol–water partition coefficient (Wildman–Crippen LogP) is 3.34. The van der Waals surface area contributed by atoms with Crippen molar-refractivity contribution in [1.82, 2.24) is 10.6 Å². The Labute approximate surface area is 175 Å². The topological polar surface area (TPSA) is 84.5 Å². The van der Waals surface area contributed by atoms with Crippen LogP contribution in [-0.4, -0.2) is 30.4 Å². The Bertz CT molecular complexity index is 822. The third-order valence-electron chi connectivity index (χ3n) is 4.08. The van der Waals surface area contributed by atoms with Gasteiger partial charge >= 0.3 is 5.97 Å². The zero-order chi connectivity index (χ0) is 21.2. The van der Waals surface area contributed by atoms with E-state index in [1.807, 2.05) is 44.2 Å². The Morgan fingerprint density at radius 3 is 2.28 bits per heavy atom. The van der Waals surface area contributed by atoms with Gasteiger partial charge in [0.15, 0.2) is 6.61 Å². The quantitative estimate of drug-likeness (QED) is 0.614. The number of rotatable bonds is 9. The first-order valence-electron chi connectivity index (χ1n) is 9.39. The van der Waals surface area contributed by atoms with Gasteiger partial charge in [-0.25, -0.2) is 4.79 Å². The van der Waals surface area contributed by atoms with Gasteiger partial charge in [-0.2, -0.15) is 0 Å². The molecule has 0 spiro atoms. The van der Waals surface area contributed by atoms with Crippen molar-refractivity contribution >= 4 is 29.4 Å². The van der Waals surface area contributed by atoms with Gasteiger partial charge < -0.3 is 15.4 Å². The highest BCUT2D eigenvalue weighted by molar-refractivity contribution is 6.30. The summed E-state index contributed by atoms with van der Waals surface area (Å²) < 4.78 is 5.12. The van der Waals surface area contributed by atoms with Crippen molar-refractivity contribution in [1.29, 1.82) is 0 Å². The predicted molar refractivity (Wildman–Crippen MR) is 111 cm³/mol. The number of hydrogen-bond donors (Lipinski definition) is 2. The second-order valence-electron chi connectivity index (χ2n) is 7.03. The highest BCUT2D eigenvalue weighted by Crippen LogP contribution is 2.11. The van der Waals surface area contributed by atoms with Gasteiger partial charge in [0.1, 0.15) is 6.04 Å². The van der Waals surface area contributed by atoms with Crippen molar-refractivity contribution in [2.45, 2.75) is 32.9 Å². The molecule has 0 aromatic heterocycles. The van der Waals surface area contributed by atoms with Gasteiger partial charge in [-0.05, 0) is 42.2 Å². The molecular formula is C22H25ClN2O4. The number of esters is 1. The van der Waals surface area contributed by atoms with E-state index < -0.39 is 30.4 Å². The highest BCUT2D eigenvalue weighted by atomic mass is 35.5. The number of hydrogen-bond acceptors (Lipinski definition) is 4. The summed E-state index contributed by atoms with van der Waals surface area (Å²) >= 11 is 5.83. The number of ether oxygens (including phenoxy) is 1. The summed E-state index contributed by atoms with van der Waals surface area (Å²) in [5.74, 6) is -1.31. The lowest BCUT2D eigenvalue weighted by atomic mass is 10.0. The van der Waals surface area contributed by atoms with E-state index in [0.717, 1.165) is 5.56 Å². The smallest absolute Gasteiger partial charge is 0.329 e. The first kappa shape index (κ1) is 22.4. The van der Waals surface area contributed by atoms with E-state index >= 15 is 0 Å². The van der Waals surface area contributed by atoms with Gasteiger partial charge in [-0.1, -0.05) is 55.8 Å². The maximum absolute atomic E-state index is 12.4. The molecule has 2 N–H and O–H groups in total. The molecule has 0 aliphatic heterocycles. The molecule has 0 saturated carbocycles. The lowest BCUT2D eigenvalue weighted by Crippen LogP contribution is -2.43. The number of nitrogens with one attached hydrogen (secondary N) is 2. The monoisotopic (exact) mass is 416 g/mol. The van der Waals surface area contributed by atoms with Crippen LogP contribution in [0.25, 0.3) is 0 Å². The summed E-state index contributed by atoms with van der Waals surface area (Å²) in [5, 5.41) is 5.88. The van der Waals surface area contributed by atoms with Crippen LogP contribution < -0.4 is 10.6 Å². The van der Waals surface area contributed by atoms with Gasteiger partial charge in [-0.15, -0.1) is 0 Å². The maximum Gasteiger partial charge on any atom is 0.329 e. The van der Waals surface area contributed by atoms with Crippen LogP contribution in [0.5, 0.6) is 0 Å². The minimum atomic E-state index is -0.847. The molecule has 0 radical (unpaired) electrons.